The summed E-state index contributed by atoms with van der Waals surface area (Å²) in [5.74, 6) is -0.904. The Morgan fingerprint density at radius 1 is 1.62 bits per heavy atom. The molecule has 68 valence electrons. The Kier molecular flexibility index (Phi) is 2.28. The van der Waals surface area contributed by atoms with E-state index in [2.05, 4.69) is 0 Å². The van der Waals surface area contributed by atoms with Crippen LogP contribution in [0.3, 0.4) is 0 Å². The highest BCUT2D eigenvalue weighted by Crippen LogP contribution is 2.24. The number of alkyl halides is 2. The quantitative estimate of drug-likeness (QED) is 0.683. The van der Waals surface area contributed by atoms with Crippen LogP contribution in [0.4, 0.5) is 8.78 Å². The summed E-state index contributed by atoms with van der Waals surface area (Å²) in [5, 5.41) is 17.2. The Morgan fingerprint density at radius 3 is 2.69 bits per heavy atom. The molecule has 0 spiro atoms. The Balaban J connectivity index is 3.42. The molecule has 0 radical (unpaired) electrons. The van der Waals surface area contributed by atoms with E-state index in [1.807, 2.05) is 0 Å². The maximum atomic E-state index is 12.1. The maximum absolute atomic E-state index is 12.1. The van der Waals surface area contributed by atoms with Crippen molar-refractivity contribution in [2.45, 2.75) is 6.43 Å². The van der Waals surface area contributed by atoms with Crippen molar-refractivity contribution in [1.29, 1.82) is 5.26 Å². The summed E-state index contributed by atoms with van der Waals surface area (Å²) in [5.41, 5.74) is -2.09. The van der Waals surface area contributed by atoms with E-state index >= 15 is 0 Å². The van der Waals surface area contributed by atoms with Gasteiger partial charge < -0.3 is 5.11 Å². The smallest absolute Gasteiger partial charge is 0.269 e. The summed E-state index contributed by atoms with van der Waals surface area (Å²) in [6.07, 6.45) is -2.93. The van der Waals surface area contributed by atoms with Crippen molar-refractivity contribution in [1.82, 2.24) is 4.98 Å². The summed E-state index contributed by atoms with van der Waals surface area (Å²) in [4.78, 5) is 12.5. The lowest BCUT2D eigenvalue weighted by molar-refractivity contribution is 0.146. The SMILES string of the molecule is N#Cc1cc(C(F)F)c(O)[nH]c1=O. The number of nitrogens with one attached hydrogen (secondary N) is 1. The molecule has 1 heterocycles. The van der Waals surface area contributed by atoms with Crippen LogP contribution in [-0.2, 0) is 0 Å². The number of pyridine rings is 1. The number of hydrogen-bond donors (Lipinski definition) is 2. The van der Waals surface area contributed by atoms with Gasteiger partial charge in [-0.15, -0.1) is 0 Å². The fourth-order valence-corrected chi connectivity index (χ4v) is 0.786. The van der Waals surface area contributed by atoms with Crippen LogP contribution >= 0.6 is 0 Å². The summed E-state index contributed by atoms with van der Waals surface area (Å²) in [7, 11) is 0. The average Bonchev–Trinajstić information content (AvgIpc) is 2.03. The van der Waals surface area contributed by atoms with Gasteiger partial charge in [-0.1, -0.05) is 0 Å². The van der Waals surface area contributed by atoms with E-state index in [0.29, 0.717) is 6.07 Å². The number of aromatic amines is 1. The molecule has 0 aliphatic carbocycles. The van der Waals surface area contributed by atoms with E-state index in [0.717, 1.165) is 0 Å². The first-order valence-electron chi connectivity index (χ1n) is 3.20. The lowest BCUT2D eigenvalue weighted by Crippen LogP contribution is -2.10. The summed E-state index contributed by atoms with van der Waals surface area (Å²) >= 11 is 0. The Labute approximate surface area is 71.1 Å². The van der Waals surface area contributed by atoms with Gasteiger partial charge in [0.25, 0.3) is 12.0 Å². The highest BCUT2D eigenvalue weighted by molar-refractivity contribution is 5.35. The standard InChI is InChI=1S/C7H4F2N2O2/c8-5(9)4-1-3(2-10)6(12)11-7(4)13/h1,5H,(H2,11,12,13). The second-order valence-corrected chi connectivity index (χ2v) is 2.23. The molecule has 1 aromatic heterocycles. The fourth-order valence-electron chi connectivity index (χ4n) is 0.786. The van der Waals surface area contributed by atoms with E-state index in [4.69, 9.17) is 10.4 Å². The molecule has 0 amide bonds. The number of H-pyrrole nitrogens is 1. The molecule has 0 atom stereocenters. The van der Waals surface area contributed by atoms with E-state index < -0.39 is 29.0 Å². The summed E-state index contributed by atoms with van der Waals surface area (Å²) in [6, 6.07) is 2.10. The van der Waals surface area contributed by atoms with E-state index in [1.165, 1.54) is 6.07 Å². The minimum absolute atomic E-state index is 0.451. The molecule has 4 nitrogen and oxygen atoms in total. The molecule has 6 heteroatoms. The fraction of sp³-hybridized carbons (Fsp3) is 0.143. The predicted molar refractivity (Wildman–Crippen MR) is 38.4 cm³/mol. The summed E-state index contributed by atoms with van der Waals surface area (Å²) in [6.45, 7) is 0. The van der Waals surface area contributed by atoms with Gasteiger partial charge in [0.05, 0.1) is 5.56 Å². The topological polar surface area (TPSA) is 76.9 Å². The zero-order valence-electron chi connectivity index (χ0n) is 6.21. The lowest BCUT2D eigenvalue weighted by Gasteiger charge is -2.01. The minimum atomic E-state index is -2.93. The van der Waals surface area contributed by atoms with Gasteiger partial charge in [-0.05, 0) is 6.07 Å². The first kappa shape index (κ1) is 9.19. The molecule has 0 saturated carbocycles. The second-order valence-electron chi connectivity index (χ2n) is 2.23. The number of rotatable bonds is 1. The van der Waals surface area contributed by atoms with Gasteiger partial charge in [-0.25, -0.2) is 8.78 Å². The van der Waals surface area contributed by atoms with Gasteiger partial charge in [0.2, 0.25) is 0 Å². The third kappa shape index (κ3) is 1.64. The van der Waals surface area contributed by atoms with Gasteiger partial charge in [0.1, 0.15) is 11.6 Å². The highest BCUT2D eigenvalue weighted by atomic mass is 19.3. The van der Waals surface area contributed by atoms with Crippen LogP contribution in [0.25, 0.3) is 0 Å². The van der Waals surface area contributed by atoms with Crippen molar-refractivity contribution < 1.29 is 13.9 Å². The third-order valence-electron chi connectivity index (χ3n) is 1.41. The van der Waals surface area contributed by atoms with Crippen LogP contribution in [-0.4, -0.2) is 10.1 Å². The molecule has 0 aliphatic rings. The molecule has 0 saturated heterocycles. The number of nitrogens with zero attached hydrogens (tertiary/aromatic N) is 1. The van der Waals surface area contributed by atoms with Crippen LogP contribution in [0.1, 0.15) is 17.6 Å². The van der Waals surface area contributed by atoms with Gasteiger partial charge >= 0.3 is 0 Å². The molecular formula is C7H4F2N2O2. The van der Waals surface area contributed by atoms with Crippen LogP contribution in [0, 0.1) is 11.3 Å². The molecule has 0 aromatic carbocycles. The van der Waals surface area contributed by atoms with Gasteiger partial charge in [-0.3, -0.25) is 9.78 Å². The van der Waals surface area contributed by atoms with Gasteiger partial charge in [-0.2, -0.15) is 5.26 Å². The van der Waals surface area contributed by atoms with Crippen molar-refractivity contribution >= 4 is 0 Å². The first-order valence-corrected chi connectivity index (χ1v) is 3.20. The molecule has 0 unspecified atom stereocenters. The van der Waals surface area contributed by atoms with E-state index in [1.54, 1.807) is 4.98 Å². The largest absolute Gasteiger partial charge is 0.494 e. The normalized spacial score (nSPS) is 10.0. The number of nitriles is 1. The molecular weight excluding hydrogens is 182 g/mol. The van der Waals surface area contributed by atoms with Crippen LogP contribution in [0.15, 0.2) is 10.9 Å². The Hall–Kier alpha value is -1.90. The van der Waals surface area contributed by atoms with Gasteiger partial charge in [0, 0.05) is 0 Å². The van der Waals surface area contributed by atoms with Crippen LogP contribution < -0.4 is 5.56 Å². The lowest BCUT2D eigenvalue weighted by atomic mass is 10.2. The summed E-state index contributed by atoms with van der Waals surface area (Å²) < 4.78 is 24.2. The predicted octanol–water partition coefficient (Wildman–Crippen LogP) is 0.890. The zero-order valence-corrected chi connectivity index (χ0v) is 6.21. The number of halogens is 2. The van der Waals surface area contributed by atoms with E-state index in [-0.39, 0.29) is 0 Å². The molecule has 0 bridgehead atoms. The second kappa shape index (κ2) is 3.23. The van der Waals surface area contributed by atoms with Crippen LogP contribution in [0.2, 0.25) is 0 Å². The van der Waals surface area contributed by atoms with Crippen molar-refractivity contribution in [3.05, 3.63) is 27.5 Å². The third-order valence-corrected chi connectivity index (χ3v) is 1.41. The maximum Gasteiger partial charge on any atom is 0.269 e. The molecule has 1 aromatic rings. The molecule has 0 aliphatic heterocycles. The number of aromatic nitrogens is 1. The molecule has 1 rings (SSSR count). The monoisotopic (exact) mass is 186 g/mol. The molecule has 0 fully saturated rings. The highest BCUT2D eigenvalue weighted by Gasteiger charge is 2.15. The van der Waals surface area contributed by atoms with Crippen molar-refractivity contribution in [3.8, 4) is 11.9 Å². The van der Waals surface area contributed by atoms with Crippen molar-refractivity contribution in [3.63, 3.8) is 0 Å². The molecule has 2 N–H and O–H groups in total. The zero-order chi connectivity index (χ0) is 10.0. The Bertz CT molecular complexity index is 419. The molecule has 13 heavy (non-hydrogen) atoms. The number of hydrogen-bond acceptors (Lipinski definition) is 3. The van der Waals surface area contributed by atoms with Gasteiger partial charge in [0.15, 0.2) is 5.88 Å². The average molecular weight is 186 g/mol. The van der Waals surface area contributed by atoms with Crippen molar-refractivity contribution in [2.75, 3.05) is 0 Å². The Morgan fingerprint density at radius 2 is 2.23 bits per heavy atom. The van der Waals surface area contributed by atoms with Crippen molar-refractivity contribution in [2.24, 2.45) is 0 Å². The van der Waals surface area contributed by atoms with Crippen LogP contribution in [0.5, 0.6) is 5.88 Å². The van der Waals surface area contributed by atoms with E-state index in [9.17, 15) is 13.6 Å². The minimum Gasteiger partial charge on any atom is -0.494 e. The first-order chi connectivity index (χ1) is 6.06. The number of aromatic hydroxyl groups is 1.